The van der Waals surface area contributed by atoms with Gasteiger partial charge in [0.2, 0.25) is 5.91 Å². The molecule has 0 aliphatic carbocycles. The second kappa shape index (κ2) is 8.99. The molecular formula is C23H29N3O3. The Morgan fingerprint density at radius 2 is 1.86 bits per heavy atom. The maximum Gasteiger partial charge on any atom is 0.321 e. The standard InChI is InChI=1S/C23H29N3O3/c1-17-9-11-18(12-10-17)15-24-21(27)23(2)13-6-14-26(16-23)22(28)25-19-7-4-5-8-20(19)29-3/h4-5,7-12H,6,13-16H2,1-3H3,(H,24,27)(H,25,28). The highest BCUT2D eigenvalue weighted by atomic mass is 16.5. The highest BCUT2D eigenvalue weighted by molar-refractivity contribution is 5.92. The summed E-state index contributed by atoms with van der Waals surface area (Å²) in [5.41, 5.74) is 2.27. The molecule has 1 atom stereocenters. The lowest BCUT2D eigenvalue weighted by Gasteiger charge is -2.39. The predicted octanol–water partition coefficient (Wildman–Crippen LogP) is 3.95. The number of likely N-dealkylation sites (tertiary alicyclic amines) is 1. The summed E-state index contributed by atoms with van der Waals surface area (Å²) in [6.07, 6.45) is 1.54. The first-order valence-corrected chi connectivity index (χ1v) is 9.94. The third-order valence-corrected chi connectivity index (χ3v) is 5.45. The molecule has 3 amide bonds. The molecule has 2 aromatic carbocycles. The molecule has 1 saturated heterocycles. The molecule has 0 radical (unpaired) electrons. The third-order valence-electron chi connectivity index (χ3n) is 5.45. The van der Waals surface area contributed by atoms with E-state index < -0.39 is 5.41 Å². The summed E-state index contributed by atoms with van der Waals surface area (Å²) in [6.45, 7) is 5.47. The van der Waals surface area contributed by atoms with Crippen LogP contribution in [-0.2, 0) is 11.3 Å². The Morgan fingerprint density at radius 3 is 2.59 bits per heavy atom. The monoisotopic (exact) mass is 395 g/mol. The van der Waals surface area contributed by atoms with Crippen LogP contribution in [0, 0.1) is 12.3 Å². The number of aryl methyl sites for hydroxylation is 1. The van der Waals surface area contributed by atoms with Crippen molar-refractivity contribution in [3.8, 4) is 5.75 Å². The van der Waals surface area contributed by atoms with Crippen molar-refractivity contribution in [2.24, 2.45) is 5.41 Å². The number of hydrogen-bond donors (Lipinski definition) is 2. The molecule has 0 saturated carbocycles. The molecule has 1 heterocycles. The van der Waals surface area contributed by atoms with Gasteiger partial charge in [0, 0.05) is 19.6 Å². The highest BCUT2D eigenvalue weighted by Crippen LogP contribution is 2.31. The second-order valence-corrected chi connectivity index (χ2v) is 7.88. The van der Waals surface area contributed by atoms with Gasteiger partial charge in [0.05, 0.1) is 18.2 Å². The van der Waals surface area contributed by atoms with Gasteiger partial charge in [-0.15, -0.1) is 0 Å². The molecule has 0 aromatic heterocycles. The molecule has 1 unspecified atom stereocenters. The van der Waals surface area contributed by atoms with Crippen molar-refractivity contribution >= 4 is 17.6 Å². The van der Waals surface area contributed by atoms with Gasteiger partial charge in [0.1, 0.15) is 5.75 Å². The number of anilines is 1. The fourth-order valence-electron chi connectivity index (χ4n) is 3.64. The number of urea groups is 1. The van der Waals surface area contributed by atoms with Crippen LogP contribution in [0.2, 0.25) is 0 Å². The number of para-hydroxylation sites is 2. The van der Waals surface area contributed by atoms with Crippen molar-refractivity contribution in [1.29, 1.82) is 0 Å². The number of nitrogens with zero attached hydrogens (tertiary/aromatic N) is 1. The third kappa shape index (κ3) is 5.08. The van der Waals surface area contributed by atoms with Crippen LogP contribution in [0.3, 0.4) is 0 Å². The van der Waals surface area contributed by atoms with E-state index in [4.69, 9.17) is 4.74 Å². The van der Waals surface area contributed by atoms with Gasteiger partial charge >= 0.3 is 6.03 Å². The molecule has 6 nitrogen and oxygen atoms in total. The molecule has 6 heteroatoms. The Bertz CT molecular complexity index is 866. The van der Waals surface area contributed by atoms with E-state index in [1.807, 2.05) is 50.2 Å². The van der Waals surface area contributed by atoms with Crippen molar-refractivity contribution < 1.29 is 14.3 Å². The number of carbonyl (C=O) groups excluding carboxylic acids is 2. The van der Waals surface area contributed by atoms with Crippen LogP contribution in [0.15, 0.2) is 48.5 Å². The molecule has 2 aromatic rings. The molecule has 1 fully saturated rings. The first kappa shape index (κ1) is 20.7. The van der Waals surface area contributed by atoms with E-state index in [0.717, 1.165) is 18.4 Å². The number of ether oxygens (including phenoxy) is 1. The number of piperidine rings is 1. The van der Waals surface area contributed by atoms with Gasteiger partial charge in [0.15, 0.2) is 0 Å². The lowest BCUT2D eigenvalue weighted by atomic mass is 9.81. The molecule has 29 heavy (non-hydrogen) atoms. The second-order valence-electron chi connectivity index (χ2n) is 7.88. The fourth-order valence-corrected chi connectivity index (χ4v) is 3.64. The largest absolute Gasteiger partial charge is 0.495 e. The zero-order valence-corrected chi connectivity index (χ0v) is 17.3. The van der Waals surface area contributed by atoms with E-state index in [1.165, 1.54) is 5.56 Å². The topological polar surface area (TPSA) is 70.7 Å². The van der Waals surface area contributed by atoms with Crippen LogP contribution in [0.4, 0.5) is 10.5 Å². The first-order chi connectivity index (χ1) is 13.9. The summed E-state index contributed by atoms with van der Waals surface area (Å²) >= 11 is 0. The Hall–Kier alpha value is -3.02. The van der Waals surface area contributed by atoms with E-state index in [2.05, 4.69) is 10.6 Å². The van der Waals surface area contributed by atoms with Crippen LogP contribution < -0.4 is 15.4 Å². The lowest BCUT2D eigenvalue weighted by Crippen LogP contribution is -2.52. The first-order valence-electron chi connectivity index (χ1n) is 9.94. The molecule has 0 spiro atoms. The Morgan fingerprint density at radius 1 is 1.14 bits per heavy atom. The molecular weight excluding hydrogens is 366 g/mol. The number of benzene rings is 2. The summed E-state index contributed by atoms with van der Waals surface area (Å²) in [5.74, 6) is 0.587. The summed E-state index contributed by atoms with van der Waals surface area (Å²) < 4.78 is 5.30. The van der Waals surface area contributed by atoms with Gasteiger partial charge in [0.25, 0.3) is 0 Å². The maximum atomic E-state index is 12.9. The molecule has 1 aliphatic heterocycles. The normalized spacial score (nSPS) is 18.8. The SMILES string of the molecule is COc1ccccc1NC(=O)N1CCCC(C)(C(=O)NCc2ccc(C)cc2)C1. The number of nitrogens with one attached hydrogen (secondary N) is 2. The molecule has 154 valence electrons. The van der Waals surface area contributed by atoms with Crippen molar-refractivity contribution in [2.45, 2.75) is 33.2 Å². The number of hydrogen-bond acceptors (Lipinski definition) is 3. The summed E-state index contributed by atoms with van der Waals surface area (Å²) in [5, 5.41) is 5.94. The number of carbonyl (C=O) groups is 2. The van der Waals surface area contributed by atoms with Gasteiger partial charge in [-0.3, -0.25) is 4.79 Å². The van der Waals surface area contributed by atoms with E-state index >= 15 is 0 Å². The van der Waals surface area contributed by atoms with Crippen molar-refractivity contribution in [3.05, 3.63) is 59.7 Å². The lowest BCUT2D eigenvalue weighted by molar-refractivity contribution is -0.132. The van der Waals surface area contributed by atoms with Gasteiger partial charge in [-0.25, -0.2) is 4.79 Å². The van der Waals surface area contributed by atoms with E-state index in [-0.39, 0.29) is 11.9 Å². The van der Waals surface area contributed by atoms with Crippen LogP contribution in [0.25, 0.3) is 0 Å². The zero-order valence-electron chi connectivity index (χ0n) is 17.3. The van der Waals surface area contributed by atoms with E-state index in [1.54, 1.807) is 24.1 Å². The van der Waals surface area contributed by atoms with Gasteiger partial charge in [-0.05, 0) is 44.4 Å². The molecule has 2 N–H and O–H groups in total. The van der Waals surface area contributed by atoms with Crippen LogP contribution >= 0.6 is 0 Å². The zero-order chi connectivity index (χ0) is 20.9. The number of methoxy groups -OCH3 is 1. The smallest absolute Gasteiger partial charge is 0.321 e. The summed E-state index contributed by atoms with van der Waals surface area (Å²) in [4.78, 5) is 27.4. The van der Waals surface area contributed by atoms with Gasteiger partial charge in [-0.2, -0.15) is 0 Å². The van der Waals surface area contributed by atoms with Crippen LogP contribution in [0.1, 0.15) is 30.9 Å². The number of amides is 3. The quantitative estimate of drug-likeness (QED) is 0.805. The van der Waals surface area contributed by atoms with E-state index in [9.17, 15) is 9.59 Å². The van der Waals surface area contributed by atoms with E-state index in [0.29, 0.717) is 31.1 Å². The Labute approximate surface area is 172 Å². The fraction of sp³-hybridized carbons (Fsp3) is 0.391. The van der Waals surface area contributed by atoms with Crippen molar-refractivity contribution in [1.82, 2.24) is 10.2 Å². The van der Waals surface area contributed by atoms with Crippen LogP contribution in [-0.4, -0.2) is 37.0 Å². The maximum absolute atomic E-state index is 12.9. The van der Waals surface area contributed by atoms with Crippen LogP contribution in [0.5, 0.6) is 5.75 Å². The van der Waals surface area contributed by atoms with Gasteiger partial charge in [-0.1, -0.05) is 42.0 Å². The minimum Gasteiger partial charge on any atom is -0.495 e. The Kier molecular flexibility index (Phi) is 6.42. The number of rotatable bonds is 5. The predicted molar refractivity (Wildman–Crippen MR) is 114 cm³/mol. The van der Waals surface area contributed by atoms with Crippen molar-refractivity contribution in [3.63, 3.8) is 0 Å². The van der Waals surface area contributed by atoms with Gasteiger partial charge < -0.3 is 20.3 Å². The average molecular weight is 396 g/mol. The average Bonchev–Trinajstić information content (AvgIpc) is 2.73. The minimum atomic E-state index is -0.610. The molecule has 3 rings (SSSR count). The van der Waals surface area contributed by atoms with Crippen molar-refractivity contribution in [2.75, 3.05) is 25.5 Å². The molecule has 1 aliphatic rings. The summed E-state index contributed by atoms with van der Waals surface area (Å²) in [7, 11) is 1.57. The Balaban J connectivity index is 1.61. The summed E-state index contributed by atoms with van der Waals surface area (Å²) in [6, 6.07) is 15.2. The highest BCUT2D eigenvalue weighted by Gasteiger charge is 2.39. The minimum absolute atomic E-state index is 0.0205. The molecule has 0 bridgehead atoms.